The third-order valence-corrected chi connectivity index (χ3v) is 4.25. The van der Waals surface area contributed by atoms with Crippen LogP contribution in [0.5, 0.6) is 0 Å². The van der Waals surface area contributed by atoms with Gasteiger partial charge in [0, 0.05) is 0 Å². The highest BCUT2D eigenvalue weighted by atomic mass is 16.3. The standard InChI is InChI=1S/C16H24O/c1-3-6-14-8-10-15(11-9-14)16(17)12-5-4-7-13(16)2/h8-11,13,17H,3-7,12H2,1-2H3. The van der Waals surface area contributed by atoms with Crippen molar-refractivity contribution in [3.05, 3.63) is 35.4 Å². The van der Waals surface area contributed by atoms with Crippen molar-refractivity contribution >= 4 is 0 Å². The van der Waals surface area contributed by atoms with Gasteiger partial charge in [-0.15, -0.1) is 0 Å². The number of hydrogen-bond acceptors (Lipinski definition) is 1. The molecule has 0 aromatic heterocycles. The van der Waals surface area contributed by atoms with E-state index in [1.54, 1.807) is 0 Å². The van der Waals surface area contributed by atoms with Crippen LogP contribution in [0, 0.1) is 5.92 Å². The van der Waals surface area contributed by atoms with Crippen LogP contribution in [0.25, 0.3) is 0 Å². The Kier molecular flexibility index (Phi) is 3.88. The van der Waals surface area contributed by atoms with Gasteiger partial charge in [0.05, 0.1) is 5.60 Å². The van der Waals surface area contributed by atoms with Gasteiger partial charge in [-0.1, -0.05) is 57.4 Å². The van der Waals surface area contributed by atoms with Crippen LogP contribution in [0.15, 0.2) is 24.3 Å². The van der Waals surface area contributed by atoms with E-state index in [1.807, 2.05) is 0 Å². The minimum atomic E-state index is -0.580. The fraction of sp³-hybridized carbons (Fsp3) is 0.625. The predicted octanol–water partition coefficient (Wildman–Crippen LogP) is 4.04. The first-order chi connectivity index (χ1) is 8.16. The van der Waals surface area contributed by atoms with Crippen LogP contribution in [0.1, 0.15) is 57.1 Å². The minimum absolute atomic E-state index is 0.383. The van der Waals surface area contributed by atoms with Gasteiger partial charge >= 0.3 is 0 Å². The summed E-state index contributed by atoms with van der Waals surface area (Å²) in [6.07, 6.45) is 6.79. The van der Waals surface area contributed by atoms with Crippen molar-refractivity contribution in [2.45, 2.75) is 58.0 Å². The molecule has 2 rings (SSSR count). The highest BCUT2D eigenvalue weighted by molar-refractivity contribution is 5.28. The summed E-state index contributed by atoms with van der Waals surface area (Å²) in [5, 5.41) is 10.8. The summed E-state index contributed by atoms with van der Waals surface area (Å²) in [6, 6.07) is 8.62. The van der Waals surface area contributed by atoms with Crippen LogP contribution in [0.3, 0.4) is 0 Å². The van der Waals surface area contributed by atoms with E-state index < -0.39 is 5.60 Å². The first-order valence-corrected chi connectivity index (χ1v) is 6.98. The second-order valence-electron chi connectivity index (χ2n) is 5.52. The fourth-order valence-electron chi connectivity index (χ4n) is 3.01. The van der Waals surface area contributed by atoms with Crippen molar-refractivity contribution in [1.82, 2.24) is 0 Å². The van der Waals surface area contributed by atoms with E-state index >= 15 is 0 Å². The minimum Gasteiger partial charge on any atom is -0.385 e. The Bertz CT molecular complexity index is 354. The first-order valence-electron chi connectivity index (χ1n) is 6.98. The maximum atomic E-state index is 10.8. The monoisotopic (exact) mass is 232 g/mol. The third-order valence-electron chi connectivity index (χ3n) is 4.25. The number of aryl methyl sites for hydroxylation is 1. The molecule has 0 aliphatic heterocycles. The molecule has 0 saturated heterocycles. The van der Waals surface area contributed by atoms with Crippen molar-refractivity contribution < 1.29 is 5.11 Å². The maximum Gasteiger partial charge on any atom is 0.0921 e. The average Bonchev–Trinajstić information content (AvgIpc) is 2.34. The van der Waals surface area contributed by atoms with Gasteiger partial charge in [0.2, 0.25) is 0 Å². The second-order valence-corrected chi connectivity index (χ2v) is 5.52. The Hall–Kier alpha value is -0.820. The largest absolute Gasteiger partial charge is 0.385 e. The molecule has 1 nitrogen and oxygen atoms in total. The molecule has 0 amide bonds. The molecule has 1 saturated carbocycles. The second kappa shape index (κ2) is 5.22. The van der Waals surface area contributed by atoms with Gasteiger partial charge in [0.1, 0.15) is 0 Å². The van der Waals surface area contributed by atoms with Crippen LogP contribution in [0.4, 0.5) is 0 Å². The third kappa shape index (κ3) is 2.55. The molecule has 1 aromatic rings. The molecule has 17 heavy (non-hydrogen) atoms. The zero-order chi connectivity index (χ0) is 12.3. The Morgan fingerprint density at radius 1 is 1.24 bits per heavy atom. The lowest BCUT2D eigenvalue weighted by molar-refractivity contribution is -0.0469. The van der Waals surface area contributed by atoms with Gasteiger partial charge in [-0.25, -0.2) is 0 Å². The van der Waals surface area contributed by atoms with Gasteiger partial charge in [0.15, 0.2) is 0 Å². The molecule has 1 aliphatic carbocycles. The van der Waals surface area contributed by atoms with Gasteiger partial charge in [-0.3, -0.25) is 0 Å². The van der Waals surface area contributed by atoms with E-state index in [1.165, 1.54) is 18.4 Å². The summed E-state index contributed by atoms with van der Waals surface area (Å²) in [5.41, 5.74) is 1.91. The van der Waals surface area contributed by atoms with Crippen molar-refractivity contribution in [3.63, 3.8) is 0 Å². The van der Waals surface area contributed by atoms with Crippen LogP contribution in [0.2, 0.25) is 0 Å². The lowest BCUT2D eigenvalue weighted by atomic mass is 9.72. The predicted molar refractivity (Wildman–Crippen MR) is 72.0 cm³/mol. The van der Waals surface area contributed by atoms with Crippen molar-refractivity contribution in [2.75, 3.05) is 0 Å². The topological polar surface area (TPSA) is 20.2 Å². The first kappa shape index (κ1) is 12.6. The summed E-state index contributed by atoms with van der Waals surface area (Å²) < 4.78 is 0. The van der Waals surface area contributed by atoms with Crippen LogP contribution in [-0.2, 0) is 12.0 Å². The van der Waals surface area contributed by atoms with E-state index in [0.29, 0.717) is 5.92 Å². The van der Waals surface area contributed by atoms with Crippen LogP contribution in [-0.4, -0.2) is 5.11 Å². The van der Waals surface area contributed by atoms with Gasteiger partial charge < -0.3 is 5.11 Å². The molecular formula is C16H24O. The van der Waals surface area contributed by atoms with Crippen molar-refractivity contribution in [3.8, 4) is 0 Å². The molecule has 1 N–H and O–H groups in total. The Morgan fingerprint density at radius 2 is 1.94 bits per heavy atom. The van der Waals surface area contributed by atoms with E-state index in [-0.39, 0.29) is 0 Å². The molecule has 0 bridgehead atoms. The lowest BCUT2D eigenvalue weighted by Crippen LogP contribution is -2.36. The molecular weight excluding hydrogens is 208 g/mol. The van der Waals surface area contributed by atoms with Gasteiger partial charge in [-0.05, 0) is 36.3 Å². The summed E-state index contributed by atoms with van der Waals surface area (Å²) in [7, 11) is 0. The molecule has 0 spiro atoms. The summed E-state index contributed by atoms with van der Waals surface area (Å²) >= 11 is 0. The Morgan fingerprint density at radius 3 is 2.53 bits per heavy atom. The van der Waals surface area contributed by atoms with Gasteiger partial charge in [-0.2, -0.15) is 0 Å². The number of benzene rings is 1. The SMILES string of the molecule is CCCc1ccc(C2(O)CCCCC2C)cc1. The number of aliphatic hydroxyl groups is 1. The van der Waals surface area contributed by atoms with E-state index in [2.05, 4.69) is 38.1 Å². The molecule has 94 valence electrons. The smallest absolute Gasteiger partial charge is 0.0921 e. The van der Waals surface area contributed by atoms with Crippen molar-refractivity contribution in [2.24, 2.45) is 5.92 Å². The molecule has 1 aromatic carbocycles. The zero-order valence-electron chi connectivity index (χ0n) is 11.1. The van der Waals surface area contributed by atoms with Crippen LogP contribution >= 0.6 is 0 Å². The normalized spacial score (nSPS) is 29.2. The lowest BCUT2D eigenvalue weighted by Gasteiger charge is -2.38. The maximum absolute atomic E-state index is 10.8. The number of hydrogen-bond donors (Lipinski definition) is 1. The quantitative estimate of drug-likeness (QED) is 0.834. The van der Waals surface area contributed by atoms with Gasteiger partial charge in [0.25, 0.3) is 0 Å². The molecule has 1 aliphatic rings. The molecule has 1 fully saturated rings. The van der Waals surface area contributed by atoms with E-state index in [4.69, 9.17) is 0 Å². The highest BCUT2D eigenvalue weighted by Crippen LogP contribution is 2.41. The summed E-state index contributed by atoms with van der Waals surface area (Å²) in [6.45, 7) is 4.38. The number of rotatable bonds is 3. The van der Waals surface area contributed by atoms with Crippen LogP contribution < -0.4 is 0 Å². The molecule has 0 radical (unpaired) electrons. The Balaban J connectivity index is 2.20. The molecule has 1 heteroatoms. The molecule has 0 heterocycles. The van der Waals surface area contributed by atoms with Crippen molar-refractivity contribution in [1.29, 1.82) is 0 Å². The Labute approximate surface area is 105 Å². The van der Waals surface area contributed by atoms with E-state index in [9.17, 15) is 5.11 Å². The highest BCUT2D eigenvalue weighted by Gasteiger charge is 2.37. The van der Waals surface area contributed by atoms with E-state index in [0.717, 1.165) is 31.2 Å². The molecule has 2 unspecified atom stereocenters. The fourth-order valence-corrected chi connectivity index (χ4v) is 3.01. The summed E-state index contributed by atoms with van der Waals surface area (Å²) in [5.74, 6) is 0.383. The zero-order valence-corrected chi connectivity index (χ0v) is 11.1. The average molecular weight is 232 g/mol. The molecule has 2 atom stereocenters. The summed E-state index contributed by atoms with van der Waals surface area (Å²) in [4.78, 5) is 0.